The molecule has 2 aliphatic heterocycles. The average molecular weight is 390 g/mol. The van der Waals surface area contributed by atoms with Crippen LogP contribution in [0.15, 0.2) is 57.7 Å². The highest BCUT2D eigenvalue weighted by Gasteiger charge is 2.26. The van der Waals surface area contributed by atoms with Crippen molar-refractivity contribution in [3.63, 3.8) is 0 Å². The molecule has 3 aromatic carbocycles. The van der Waals surface area contributed by atoms with E-state index in [9.17, 15) is 4.79 Å². The molecular weight excluding hydrogens is 372 g/mol. The number of rotatable bonds is 6. The van der Waals surface area contributed by atoms with Crippen molar-refractivity contribution in [1.82, 2.24) is 0 Å². The van der Waals surface area contributed by atoms with Gasteiger partial charge in [0.05, 0.1) is 18.6 Å². The Labute approximate surface area is 165 Å². The summed E-state index contributed by atoms with van der Waals surface area (Å²) in [5.74, 6) is 1.04. The van der Waals surface area contributed by atoms with E-state index in [4.69, 9.17) is 23.4 Å². The molecule has 0 aliphatic carbocycles. The number of benzene rings is 3. The Balaban J connectivity index is 1.54. The zero-order chi connectivity index (χ0) is 19.4. The molecule has 2 unspecified atom stereocenters. The second kappa shape index (κ2) is 6.47. The fourth-order valence-corrected chi connectivity index (χ4v) is 3.50. The highest BCUT2D eigenvalue weighted by molar-refractivity contribution is 6.00. The van der Waals surface area contributed by atoms with Gasteiger partial charge in [0.15, 0.2) is 0 Å². The molecule has 2 fully saturated rings. The van der Waals surface area contributed by atoms with E-state index in [1.165, 1.54) is 0 Å². The summed E-state index contributed by atoms with van der Waals surface area (Å²) in [5.41, 5.74) is 0.870. The molecule has 6 heteroatoms. The molecule has 3 heterocycles. The zero-order valence-electron chi connectivity index (χ0n) is 15.6. The lowest BCUT2D eigenvalue weighted by Crippen LogP contribution is -2.10. The van der Waals surface area contributed by atoms with Crippen LogP contribution in [0.4, 0.5) is 0 Å². The molecule has 1 aromatic heterocycles. The lowest BCUT2D eigenvalue weighted by molar-refractivity contribution is 0.254. The minimum atomic E-state index is -0.115. The summed E-state index contributed by atoms with van der Waals surface area (Å²) in [6, 6.07) is 15.2. The van der Waals surface area contributed by atoms with Crippen LogP contribution in [0.1, 0.15) is 0 Å². The summed E-state index contributed by atoms with van der Waals surface area (Å²) in [4.78, 5) is 13.4. The number of ether oxygens (including phenoxy) is 4. The van der Waals surface area contributed by atoms with Crippen LogP contribution in [0.2, 0.25) is 0 Å². The third kappa shape index (κ3) is 3.20. The Kier molecular flexibility index (Phi) is 3.76. The molecule has 0 N–H and O–H groups in total. The zero-order valence-corrected chi connectivity index (χ0v) is 15.6. The van der Waals surface area contributed by atoms with Gasteiger partial charge < -0.3 is 23.4 Å². The summed E-state index contributed by atoms with van der Waals surface area (Å²) < 4.78 is 28.3. The van der Waals surface area contributed by atoms with Crippen LogP contribution in [0.25, 0.3) is 32.7 Å². The Morgan fingerprint density at radius 3 is 2.28 bits per heavy atom. The van der Waals surface area contributed by atoms with E-state index in [2.05, 4.69) is 0 Å². The van der Waals surface area contributed by atoms with E-state index in [0.29, 0.717) is 59.9 Å². The first-order valence-corrected chi connectivity index (χ1v) is 9.67. The smallest absolute Gasteiger partial charge is 0.204 e. The van der Waals surface area contributed by atoms with E-state index in [0.717, 1.165) is 10.8 Å². The van der Waals surface area contributed by atoms with E-state index in [1.54, 1.807) is 12.1 Å². The van der Waals surface area contributed by atoms with E-state index >= 15 is 0 Å². The van der Waals surface area contributed by atoms with Crippen molar-refractivity contribution >= 4 is 32.7 Å². The van der Waals surface area contributed by atoms with E-state index in [1.807, 2.05) is 36.4 Å². The molecule has 0 saturated carbocycles. The van der Waals surface area contributed by atoms with Gasteiger partial charge in [-0.2, -0.15) is 0 Å². The van der Waals surface area contributed by atoms with Crippen LogP contribution in [0.5, 0.6) is 11.5 Å². The van der Waals surface area contributed by atoms with Crippen LogP contribution in [-0.4, -0.2) is 38.6 Å². The largest absolute Gasteiger partial charge is 0.491 e. The Morgan fingerprint density at radius 2 is 1.55 bits per heavy atom. The van der Waals surface area contributed by atoms with Crippen LogP contribution < -0.4 is 14.9 Å². The van der Waals surface area contributed by atoms with Gasteiger partial charge in [0.2, 0.25) is 5.43 Å². The number of fused-ring (bicyclic) bond motifs is 3. The standard InChI is InChI=1S/C23H18O6/c24-23-18-5-13-3-1-2-4-14(13)6-19(18)29-21-8-15(25-9-16-10-26-16)7-20(22(21)23)28-12-17-11-27-17/h1-8,16-17H,9-12H2. The topological polar surface area (TPSA) is 73.7 Å². The predicted molar refractivity (Wildman–Crippen MR) is 108 cm³/mol. The molecule has 2 aliphatic rings. The van der Waals surface area contributed by atoms with Gasteiger partial charge in [-0.05, 0) is 22.9 Å². The van der Waals surface area contributed by atoms with E-state index < -0.39 is 0 Å². The molecule has 0 spiro atoms. The first kappa shape index (κ1) is 16.8. The summed E-state index contributed by atoms with van der Waals surface area (Å²) in [5, 5.41) is 2.96. The lowest BCUT2D eigenvalue weighted by Gasteiger charge is -2.12. The molecule has 2 atom stereocenters. The minimum Gasteiger partial charge on any atom is -0.491 e. The second-order valence-electron chi connectivity index (χ2n) is 7.45. The SMILES string of the molecule is O=c1c2cc3ccccc3cc2oc2cc(OCC3CO3)cc(OCC3CO3)c12. The van der Waals surface area contributed by atoms with Crippen molar-refractivity contribution in [1.29, 1.82) is 0 Å². The Bertz CT molecular complexity index is 1300. The van der Waals surface area contributed by atoms with Gasteiger partial charge in [0.25, 0.3) is 0 Å². The molecule has 0 radical (unpaired) electrons. The van der Waals surface area contributed by atoms with Gasteiger partial charge in [0, 0.05) is 12.1 Å². The number of hydrogen-bond acceptors (Lipinski definition) is 6. The van der Waals surface area contributed by atoms with Gasteiger partial charge in [-0.3, -0.25) is 4.79 Å². The van der Waals surface area contributed by atoms with Crippen LogP contribution in [0, 0.1) is 0 Å². The van der Waals surface area contributed by atoms with Crippen LogP contribution in [-0.2, 0) is 9.47 Å². The van der Waals surface area contributed by atoms with Gasteiger partial charge in [-0.25, -0.2) is 0 Å². The monoisotopic (exact) mass is 390 g/mol. The second-order valence-corrected chi connectivity index (χ2v) is 7.45. The quantitative estimate of drug-likeness (QED) is 0.370. The third-order valence-electron chi connectivity index (χ3n) is 5.24. The fourth-order valence-electron chi connectivity index (χ4n) is 3.50. The Morgan fingerprint density at radius 1 is 0.862 bits per heavy atom. The van der Waals surface area contributed by atoms with Gasteiger partial charge in [-0.15, -0.1) is 0 Å². The average Bonchev–Trinajstić information content (AvgIpc) is 3.64. The molecule has 29 heavy (non-hydrogen) atoms. The summed E-state index contributed by atoms with van der Waals surface area (Å²) in [6.45, 7) is 2.23. The molecule has 0 bridgehead atoms. The molecule has 146 valence electrons. The maximum Gasteiger partial charge on any atom is 0.204 e. The van der Waals surface area contributed by atoms with Crippen molar-refractivity contribution < 1.29 is 23.4 Å². The van der Waals surface area contributed by atoms with Gasteiger partial charge in [0.1, 0.15) is 53.5 Å². The molecule has 0 amide bonds. The highest BCUT2D eigenvalue weighted by Crippen LogP contribution is 2.33. The minimum absolute atomic E-state index is 0.0749. The lowest BCUT2D eigenvalue weighted by atomic mass is 10.1. The number of epoxide rings is 2. The van der Waals surface area contributed by atoms with Crippen molar-refractivity contribution in [2.75, 3.05) is 26.4 Å². The van der Waals surface area contributed by atoms with Crippen molar-refractivity contribution in [2.24, 2.45) is 0 Å². The fraction of sp³-hybridized carbons (Fsp3) is 0.261. The molecule has 6 nitrogen and oxygen atoms in total. The molecule has 2 saturated heterocycles. The summed E-state index contributed by atoms with van der Waals surface area (Å²) >= 11 is 0. The summed E-state index contributed by atoms with van der Waals surface area (Å²) in [7, 11) is 0. The van der Waals surface area contributed by atoms with E-state index in [-0.39, 0.29) is 17.6 Å². The normalized spacial score (nSPS) is 20.3. The maximum atomic E-state index is 13.4. The Hall–Kier alpha value is -3.09. The number of hydrogen-bond donors (Lipinski definition) is 0. The predicted octanol–water partition coefficient (Wildman–Crippen LogP) is 3.65. The molecule has 4 aromatic rings. The van der Waals surface area contributed by atoms with Crippen LogP contribution in [0.3, 0.4) is 0 Å². The highest BCUT2D eigenvalue weighted by atomic mass is 16.6. The molecule has 6 rings (SSSR count). The van der Waals surface area contributed by atoms with Gasteiger partial charge >= 0.3 is 0 Å². The van der Waals surface area contributed by atoms with Crippen molar-refractivity contribution in [3.05, 3.63) is 58.8 Å². The summed E-state index contributed by atoms with van der Waals surface area (Å²) in [6.07, 6.45) is 0.204. The molecular formula is C23H18O6. The first-order chi connectivity index (χ1) is 14.2. The van der Waals surface area contributed by atoms with Crippen LogP contribution >= 0.6 is 0 Å². The van der Waals surface area contributed by atoms with Crippen molar-refractivity contribution in [3.8, 4) is 11.5 Å². The van der Waals surface area contributed by atoms with Crippen molar-refractivity contribution in [2.45, 2.75) is 12.2 Å². The maximum absolute atomic E-state index is 13.4. The van der Waals surface area contributed by atoms with Gasteiger partial charge in [-0.1, -0.05) is 24.3 Å². The first-order valence-electron chi connectivity index (χ1n) is 9.67. The third-order valence-corrected chi connectivity index (χ3v) is 5.24.